The van der Waals surface area contributed by atoms with E-state index in [1.165, 1.54) is 22.4 Å². The molecule has 0 bridgehead atoms. The molecular weight excluding hydrogens is 300 g/mol. The van der Waals surface area contributed by atoms with Crippen LogP contribution in [0.2, 0.25) is 0 Å². The Bertz CT molecular complexity index is 526. The van der Waals surface area contributed by atoms with E-state index in [0.29, 0.717) is 0 Å². The van der Waals surface area contributed by atoms with Gasteiger partial charge in [-0.3, -0.25) is 4.98 Å². The minimum atomic E-state index is 0.892. The predicted molar refractivity (Wildman–Crippen MR) is 85.0 cm³/mol. The molecular formula is C16H19BrN2. The molecule has 0 spiro atoms. The quantitative estimate of drug-likeness (QED) is 0.776. The predicted octanol–water partition coefficient (Wildman–Crippen LogP) is 3.96. The van der Waals surface area contributed by atoms with Crippen LogP contribution in [0.3, 0.4) is 0 Å². The molecule has 0 aliphatic heterocycles. The number of aryl methyl sites for hydroxylation is 1. The summed E-state index contributed by atoms with van der Waals surface area (Å²) in [5.41, 5.74) is 5.28. The van der Waals surface area contributed by atoms with Crippen molar-refractivity contribution in [3.63, 3.8) is 0 Å². The van der Waals surface area contributed by atoms with Crippen LogP contribution in [0.5, 0.6) is 0 Å². The third-order valence-electron chi connectivity index (χ3n) is 3.28. The van der Waals surface area contributed by atoms with Crippen molar-refractivity contribution in [1.29, 1.82) is 0 Å². The van der Waals surface area contributed by atoms with Crippen molar-refractivity contribution in [3.05, 3.63) is 59.4 Å². The summed E-state index contributed by atoms with van der Waals surface area (Å²) in [7, 11) is 2.15. The van der Waals surface area contributed by atoms with Gasteiger partial charge in [-0.2, -0.15) is 0 Å². The van der Waals surface area contributed by atoms with Gasteiger partial charge in [0.15, 0.2) is 0 Å². The summed E-state index contributed by atoms with van der Waals surface area (Å²) in [5, 5.41) is 0.892. The molecule has 0 fully saturated rings. The SMILES string of the molecule is Cc1ccc(N(C)CCc2ccncc2)c(CBr)c1. The van der Waals surface area contributed by atoms with Gasteiger partial charge in [-0.25, -0.2) is 0 Å². The van der Waals surface area contributed by atoms with Crippen molar-refractivity contribution in [2.75, 3.05) is 18.5 Å². The van der Waals surface area contributed by atoms with Crippen LogP contribution >= 0.6 is 15.9 Å². The molecule has 0 saturated carbocycles. The highest BCUT2D eigenvalue weighted by Gasteiger charge is 2.07. The number of hydrogen-bond donors (Lipinski definition) is 0. The minimum absolute atomic E-state index is 0.892. The fraction of sp³-hybridized carbons (Fsp3) is 0.312. The Morgan fingerprint density at radius 1 is 1.16 bits per heavy atom. The number of hydrogen-bond acceptors (Lipinski definition) is 2. The number of likely N-dealkylation sites (N-methyl/N-ethyl adjacent to an activating group) is 1. The molecule has 1 aromatic carbocycles. The lowest BCUT2D eigenvalue weighted by atomic mass is 10.1. The second kappa shape index (κ2) is 6.71. The van der Waals surface area contributed by atoms with Crippen LogP contribution < -0.4 is 4.90 Å². The third kappa shape index (κ3) is 3.80. The first-order chi connectivity index (χ1) is 9.20. The second-order valence-corrected chi connectivity index (χ2v) is 5.35. The van der Waals surface area contributed by atoms with Gasteiger partial charge in [-0.15, -0.1) is 0 Å². The Hall–Kier alpha value is -1.35. The summed E-state index contributed by atoms with van der Waals surface area (Å²) in [4.78, 5) is 6.36. The summed E-state index contributed by atoms with van der Waals surface area (Å²) in [6.45, 7) is 3.14. The average Bonchev–Trinajstić information content (AvgIpc) is 2.45. The molecule has 100 valence electrons. The van der Waals surface area contributed by atoms with E-state index in [0.717, 1.165) is 18.3 Å². The van der Waals surface area contributed by atoms with Gasteiger partial charge in [0.1, 0.15) is 0 Å². The van der Waals surface area contributed by atoms with E-state index >= 15 is 0 Å². The summed E-state index contributed by atoms with van der Waals surface area (Å²) in [5.74, 6) is 0. The van der Waals surface area contributed by atoms with Gasteiger partial charge in [0, 0.05) is 37.0 Å². The normalized spacial score (nSPS) is 10.5. The number of aromatic nitrogens is 1. The zero-order valence-electron chi connectivity index (χ0n) is 11.4. The van der Waals surface area contributed by atoms with Gasteiger partial charge in [-0.05, 0) is 42.7 Å². The van der Waals surface area contributed by atoms with Crippen LogP contribution in [-0.4, -0.2) is 18.6 Å². The van der Waals surface area contributed by atoms with Gasteiger partial charge >= 0.3 is 0 Å². The number of nitrogens with zero attached hydrogens (tertiary/aromatic N) is 2. The van der Waals surface area contributed by atoms with Crippen LogP contribution in [0.15, 0.2) is 42.7 Å². The van der Waals surface area contributed by atoms with Crippen molar-refractivity contribution < 1.29 is 0 Å². The monoisotopic (exact) mass is 318 g/mol. The minimum Gasteiger partial charge on any atom is -0.374 e. The van der Waals surface area contributed by atoms with Crippen LogP contribution in [0.4, 0.5) is 5.69 Å². The van der Waals surface area contributed by atoms with Crippen molar-refractivity contribution in [2.45, 2.75) is 18.7 Å². The summed E-state index contributed by atoms with van der Waals surface area (Å²) in [6.07, 6.45) is 4.74. The molecule has 2 rings (SSSR count). The van der Waals surface area contributed by atoms with E-state index in [1.807, 2.05) is 12.4 Å². The molecule has 0 unspecified atom stereocenters. The van der Waals surface area contributed by atoms with Crippen molar-refractivity contribution >= 4 is 21.6 Å². The van der Waals surface area contributed by atoms with E-state index in [4.69, 9.17) is 0 Å². The molecule has 2 aromatic rings. The molecule has 0 aliphatic rings. The molecule has 3 heteroatoms. The molecule has 2 nitrogen and oxygen atoms in total. The lowest BCUT2D eigenvalue weighted by Crippen LogP contribution is -2.21. The fourth-order valence-corrected chi connectivity index (χ4v) is 2.61. The van der Waals surface area contributed by atoms with Crippen molar-refractivity contribution in [1.82, 2.24) is 4.98 Å². The summed E-state index contributed by atoms with van der Waals surface area (Å²) in [6, 6.07) is 10.8. The maximum atomic E-state index is 4.05. The highest BCUT2D eigenvalue weighted by molar-refractivity contribution is 9.08. The Balaban J connectivity index is 2.05. The van der Waals surface area contributed by atoms with Crippen LogP contribution in [0.25, 0.3) is 0 Å². The molecule has 0 amide bonds. The first kappa shape index (κ1) is 14.1. The van der Waals surface area contributed by atoms with Gasteiger partial charge in [0.25, 0.3) is 0 Å². The number of halogens is 1. The third-order valence-corrected chi connectivity index (χ3v) is 3.88. The van der Waals surface area contributed by atoms with Crippen molar-refractivity contribution in [3.8, 4) is 0 Å². The standard InChI is InChI=1S/C16H19BrN2/c1-13-3-4-16(15(11-13)12-17)19(2)10-7-14-5-8-18-9-6-14/h3-6,8-9,11H,7,10,12H2,1-2H3. The Kier molecular flexibility index (Phi) is 4.97. The molecule has 0 atom stereocenters. The van der Waals surface area contributed by atoms with E-state index in [-0.39, 0.29) is 0 Å². The van der Waals surface area contributed by atoms with Crippen LogP contribution in [0, 0.1) is 6.92 Å². The van der Waals surface area contributed by atoms with Gasteiger partial charge in [0.05, 0.1) is 0 Å². The molecule has 0 radical (unpaired) electrons. The van der Waals surface area contributed by atoms with Crippen LogP contribution in [0.1, 0.15) is 16.7 Å². The fourth-order valence-electron chi connectivity index (χ4n) is 2.16. The van der Waals surface area contributed by atoms with Crippen molar-refractivity contribution in [2.24, 2.45) is 0 Å². The second-order valence-electron chi connectivity index (χ2n) is 4.79. The highest BCUT2D eigenvalue weighted by Crippen LogP contribution is 2.23. The Labute approximate surface area is 123 Å². The Morgan fingerprint density at radius 3 is 2.58 bits per heavy atom. The zero-order chi connectivity index (χ0) is 13.7. The number of alkyl halides is 1. The van der Waals surface area contributed by atoms with E-state index in [9.17, 15) is 0 Å². The maximum Gasteiger partial charge on any atom is 0.0405 e. The maximum absolute atomic E-state index is 4.05. The molecule has 1 heterocycles. The number of pyridine rings is 1. The molecule has 19 heavy (non-hydrogen) atoms. The largest absolute Gasteiger partial charge is 0.374 e. The number of anilines is 1. The van der Waals surface area contributed by atoms with E-state index in [2.05, 4.69) is 70.1 Å². The van der Waals surface area contributed by atoms with E-state index < -0.39 is 0 Å². The number of benzene rings is 1. The van der Waals surface area contributed by atoms with E-state index in [1.54, 1.807) is 0 Å². The van der Waals surface area contributed by atoms with Gasteiger partial charge < -0.3 is 4.90 Å². The van der Waals surface area contributed by atoms with Gasteiger partial charge in [-0.1, -0.05) is 33.6 Å². The molecule has 0 aliphatic carbocycles. The van der Waals surface area contributed by atoms with Gasteiger partial charge in [0.2, 0.25) is 0 Å². The van der Waals surface area contributed by atoms with Crippen LogP contribution in [-0.2, 0) is 11.8 Å². The molecule has 1 aromatic heterocycles. The first-order valence-corrected chi connectivity index (χ1v) is 7.58. The lowest BCUT2D eigenvalue weighted by molar-refractivity contribution is 0.870. The molecule has 0 N–H and O–H groups in total. The number of rotatable bonds is 5. The smallest absolute Gasteiger partial charge is 0.0405 e. The molecule has 0 saturated heterocycles. The zero-order valence-corrected chi connectivity index (χ0v) is 13.0. The first-order valence-electron chi connectivity index (χ1n) is 6.46. The summed E-state index contributed by atoms with van der Waals surface area (Å²) < 4.78 is 0. The topological polar surface area (TPSA) is 16.1 Å². The highest BCUT2D eigenvalue weighted by atomic mass is 79.9. The Morgan fingerprint density at radius 2 is 1.89 bits per heavy atom. The summed E-state index contributed by atoms with van der Waals surface area (Å²) >= 11 is 3.57. The average molecular weight is 319 g/mol. The lowest BCUT2D eigenvalue weighted by Gasteiger charge is -2.22.